The zero-order chi connectivity index (χ0) is 28.6. The average molecular weight is 599 g/mol. The van der Waals surface area contributed by atoms with E-state index >= 15 is 0 Å². The summed E-state index contributed by atoms with van der Waals surface area (Å²) in [6, 6.07) is 7.78. The van der Waals surface area contributed by atoms with Crippen LogP contribution in [0.1, 0.15) is 91.9 Å². The Morgan fingerprint density at radius 3 is 2.49 bits per heavy atom. The zero-order valence-electron chi connectivity index (χ0n) is 23.9. The highest BCUT2D eigenvalue weighted by Gasteiger charge is 2.38. The highest BCUT2D eigenvalue weighted by molar-refractivity contribution is 7.19. The van der Waals surface area contributed by atoms with E-state index in [1.807, 2.05) is 23.1 Å². The van der Waals surface area contributed by atoms with E-state index in [4.69, 9.17) is 16.1 Å². The van der Waals surface area contributed by atoms with Crippen LogP contribution in [0.4, 0.5) is 0 Å². The van der Waals surface area contributed by atoms with Gasteiger partial charge in [0.2, 0.25) is 0 Å². The molecule has 0 radical (unpaired) electrons. The number of thiophene rings is 1. The van der Waals surface area contributed by atoms with Gasteiger partial charge >= 0.3 is 0 Å². The van der Waals surface area contributed by atoms with Gasteiger partial charge in [0.1, 0.15) is 11.4 Å². The van der Waals surface area contributed by atoms with Gasteiger partial charge in [-0.15, -0.1) is 11.3 Å². The summed E-state index contributed by atoms with van der Waals surface area (Å²) in [6.45, 7) is 8.03. The second-order valence-corrected chi connectivity index (χ2v) is 14.0. The van der Waals surface area contributed by atoms with Crippen molar-refractivity contribution in [1.29, 1.82) is 0 Å². The van der Waals surface area contributed by atoms with Crippen LogP contribution in [-0.2, 0) is 6.54 Å². The molecule has 3 aromatic heterocycles. The Morgan fingerprint density at radius 1 is 1.10 bits per heavy atom. The quantitative estimate of drug-likeness (QED) is 0.375. The Balaban J connectivity index is 1.20. The summed E-state index contributed by atoms with van der Waals surface area (Å²) in [4.78, 5) is 32.4. The number of carbonyl (C=O) groups is 2. The fraction of sp³-hybridized carbons (Fsp3) is 0.600. The highest BCUT2D eigenvalue weighted by Crippen LogP contribution is 2.46. The first-order chi connectivity index (χ1) is 19.8. The third kappa shape index (κ3) is 6.24. The third-order valence-electron chi connectivity index (χ3n) is 9.29. The van der Waals surface area contributed by atoms with Crippen molar-refractivity contribution in [3.05, 3.63) is 45.7 Å². The summed E-state index contributed by atoms with van der Waals surface area (Å²) < 4.78 is 7.83. The van der Waals surface area contributed by atoms with Gasteiger partial charge in [0, 0.05) is 50.4 Å². The number of rotatable bonds is 7. The molecule has 5 heterocycles. The first-order valence-electron chi connectivity index (χ1n) is 14.9. The minimum absolute atomic E-state index is 0.0897. The van der Waals surface area contributed by atoms with Crippen LogP contribution in [0.25, 0.3) is 10.6 Å². The van der Waals surface area contributed by atoms with Crippen molar-refractivity contribution in [2.24, 2.45) is 5.41 Å². The maximum Gasteiger partial charge on any atom is 0.274 e. The minimum Gasteiger partial charge on any atom is -0.355 e. The van der Waals surface area contributed by atoms with Crippen molar-refractivity contribution >= 4 is 34.8 Å². The predicted octanol–water partition coefficient (Wildman–Crippen LogP) is 5.70. The molecular formula is C30H39ClN6O3S. The molecule has 2 amide bonds. The number of piperidine rings is 2. The Kier molecular flexibility index (Phi) is 8.25. The van der Waals surface area contributed by atoms with E-state index in [9.17, 15) is 9.59 Å². The fourth-order valence-corrected chi connectivity index (χ4v) is 7.71. The van der Waals surface area contributed by atoms with Crippen molar-refractivity contribution in [2.45, 2.75) is 83.8 Å². The standard InChI is InChI=1S/C30H39ClN6O3S/c1-20(2)35-13-7-21(8-14-35)32-28(38)24-18-23(29(39)36-15-11-30(12-16-36)9-3-4-10-30)33-37(24)19-22-17-25(40-34-22)26-5-6-27(31)41-26/h5-6,17-18,20-21H,3-4,7-16,19H2,1-2H3,(H,32,38). The van der Waals surface area contributed by atoms with Crippen molar-refractivity contribution < 1.29 is 14.1 Å². The van der Waals surface area contributed by atoms with Gasteiger partial charge in [0.15, 0.2) is 11.5 Å². The third-order valence-corrected chi connectivity index (χ3v) is 10.5. The summed E-state index contributed by atoms with van der Waals surface area (Å²) in [5.41, 5.74) is 1.71. The molecule has 1 N–H and O–H groups in total. The molecule has 41 heavy (non-hydrogen) atoms. The molecule has 1 aliphatic carbocycles. The number of nitrogens with one attached hydrogen (secondary N) is 1. The van der Waals surface area contributed by atoms with Crippen molar-refractivity contribution in [3.63, 3.8) is 0 Å². The number of nitrogens with zero attached hydrogens (tertiary/aromatic N) is 5. The number of aromatic nitrogens is 3. The molecule has 1 spiro atoms. The van der Waals surface area contributed by atoms with Gasteiger partial charge < -0.3 is 19.6 Å². The Labute approximate surface area is 250 Å². The lowest BCUT2D eigenvalue weighted by Crippen LogP contribution is -2.46. The molecule has 0 aromatic carbocycles. The van der Waals surface area contributed by atoms with Gasteiger partial charge in [0.25, 0.3) is 11.8 Å². The van der Waals surface area contributed by atoms with Crippen LogP contribution >= 0.6 is 22.9 Å². The number of carbonyl (C=O) groups excluding carboxylic acids is 2. The van der Waals surface area contributed by atoms with Crippen LogP contribution < -0.4 is 5.32 Å². The van der Waals surface area contributed by atoms with E-state index in [0.29, 0.717) is 38.6 Å². The summed E-state index contributed by atoms with van der Waals surface area (Å²) in [6.07, 6.45) is 9.06. The number of likely N-dealkylation sites (tertiary alicyclic amines) is 2. The maximum atomic E-state index is 13.6. The number of hydrogen-bond acceptors (Lipinski definition) is 7. The molecule has 3 fully saturated rings. The SMILES string of the molecule is CC(C)N1CCC(NC(=O)c2cc(C(=O)N3CCC4(CCCC4)CC3)nn2Cc2cc(-c3ccc(Cl)s3)on2)CC1. The van der Waals surface area contributed by atoms with Crippen LogP contribution in [-0.4, -0.2) is 74.8 Å². The molecule has 3 aromatic rings. The normalized spacial score (nSPS) is 19.9. The first kappa shape index (κ1) is 28.4. The lowest BCUT2D eigenvalue weighted by molar-refractivity contribution is 0.0581. The molecule has 9 nitrogen and oxygen atoms in total. The van der Waals surface area contributed by atoms with Crippen molar-refractivity contribution in [1.82, 2.24) is 30.1 Å². The van der Waals surface area contributed by atoms with E-state index in [-0.39, 0.29) is 24.4 Å². The van der Waals surface area contributed by atoms with Gasteiger partial charge in [-0.1, -0.05) is 29.6 Å². The van der Waals surface area contributed by atoms with E-state index < -0.39 is 0 Å². The lowest BCUT2D eigenvalue weighted by atomic mass is 9.77. The molecule has 11 heteroatoms. The number of halogens is 1. The highest BCUT2D eigenvalue weighted by atomic mass is 35.5. The zero-order valence-corrected chi connectivity index (χ0v) is 25.5. The van der Waals surface area contributed by atoms with Crippen molar-refractivity contribution in [3.8, 4) is 10.6 Å². The van der Waals surface area contributed by atoms with Gasteiger partial charge in [-0.2, -0.15) is 5.10 Å². The molecule has 0 atom stereocenters. The van der Waals surface area contributed by atoms with Crippen LogP contribution in [0.15, 0.2) is 28.8 Å². The Morgan fingerprint density at radius 2 is 1.83 bits per heavy atom. The Bertz CT molecular complexity index is 1370. The van der Waals surface area contributed by atoms with Crippen molar-refractivity contribution in [2.75, 3.05) is 26.2 Å². The number of amides is 2. The van der Waals surface area contributed by atoms with Gasteiger partial charge in [-0.3, -0.25) is 14.3 Å². The van der Waals surface area contributed by atoms with E-state index in [0.717, 1.165) is 56.7 Å². The predicted molar refractivity (Wildman–Crippen MR) is 159 cm³/mol. The van der Waals surface area contributed by atoms with E-state index in [1.165, 1.54) is 37.0 Å². The maximum absolute atomic E-state index is 13.6. The van der Waals surface area contributed by atoms with Gasteiger partial charge in [-0.05, 0) is 69.9 Å². The summed E-state index contributed by atoms with van der Waals surface area (Å²) in [5, 5.41) is 12.1. The number of hydrogen-bond donors (Lipinski definition) is 1. The molecule has 0 unspecified atom stereocenters. The van der Waals surface area contributed by atoms with Gasteiger partial charge in [0.05, 0.1) is 15.8 Å². The second kappa shape index (κ2) is 11.9. The Hall–Kier alpha value is -2.69. The molecule has 2 aliphatic heterocycles. The summed E-state index contributed by atoms with van der Waals surface area (Å²) in [5.74, 6) is 0.291. The van der Waals surface area contributed by atoms with Crippen LogP contribution in [0.2, 0.25) is 4.34 Å². The molecule has 6 rings (SSSR count). The summed E-state index contributed by atoms with van der Waals surface area (Å²) in [7, 11) is 0. The lowest BCUT2D eigenvalue weighted by Gasteiger charge is -2.39. The summed E-state index contributed by atoms with van der Waals surface area (Å²) >= 11 is 7.51. The van der Waals surface area contributed by atoms with Gasteiger partial charge in [-0.25, -0.2) is 0 Å². The fourth-order valence-electron chi connectivity index (χ4n) is 6.72. The topological polar surface area (TPSA) is 96.5 Å². The van der Waals surface area contributed by atoms with Crippen LogP contribution in [0, 0.1) is 5.41 Å². The average Bonchev–Trinajstić information content (AvgIpc) is 3.77. The molecular weight excluding hydrogens is 560 g/mol. The molecule has 3 aliphatic rings. The molecule has 1 saturated carbocycles. The molecule has 2 saturated heterocycles. The van der Waals surface area contributed by atoms with E-state index in [1.54, 1.807) is 10.7 Å². The molecule has 220 valence electrons. The minimum atomic E-state index is -0.211. The van der Waals surface area contributed by atoms with Crippen LogP contribution in [0.3, 0.4) is 0 Å². The smallest absolute Gasteiger partial charge is 0.274 e. The van der Waals surface area contributed by atoms with E-state index in [2.05, 4.69) is 34.3 Å². The largest absolute Gasteiger partial charge is 0.355 e. The van der Waals surface area contributed by atoms with Crippen LogP contribution in [0.5, 0.6) is 0 Å². The first-order valence-corrected chi connectivity index (χ1v) is 16.1. The second-order valence-electron chi connectivity index (χ2n) is 12.2. The monoisotopic (exact) mass is 598 g/mol. The molecule has 0 bridgehead atoms.